The molecular weight excluding hydrogens is 236 g/mol. The Kier molecular flexibility index (Phi) is 4.97. The minimum Gasteiger partial charge on any atom is -0.356 e. The first-order valence-electron chi connectivity index (χ1n) is 7.19. The molecule has 0 aromatic heterocycles. The number of nitrogens with one attached hydrogen (secondary N) is 2. The quantitative estimate of drug-likeness (QED) is 0.851. The van der Waals surface area contributed by atoms with Crippen LogP contribution in [0.15, 0.2) is 30.3 Å². The SMILES string of the molecule is CC1(CNC(=O)CCc2ccccc2)CCNCC1. The van der Waals surface area contributed by atoms with E-state index in [2.05, 4.69) is 29.7 Å². The maximum atomic E-state index is 11.9. The lowest BCUT2D eigenvalue weighted by Crippen LogP contribution is -2.42. The summed E-state index contributed by atoms with van der Waals surface area (Å²) < 4.78 is 0. The number of amides is 1. The lowest BCUT2D eigenvalue weighted by molar-refractivity contribution is -0.121. The van der Waals surface area contributed by atoms with Crippen molar-refractivity contribution in [3.63, 3.8) is 0 Å². The summed E-state index contributed by atoms with van der Waals surface area (Å²) >= 11 is 0. The molecule has 3 nitrogen and oxygen atoms in total. The van der Waals surface area contributed by atoms with E-state index in [1.165, 1.54) is 5.56 Å². The van der Waals surface area contributed by atoms with Crippen LogP contribution >= 0.6 is 0 Å². The molecule has 1 aliphatic rings. The molecule has 1 fully saturated rings. The van der Waals surface area contributed by atoms with Crippen LogP contribution in [0, 0.1) is 5.41 Å². The van der Waals surface area contributed by atoms with Crippen molar-refractivity contribution in [2.75, 3.05) is 19.6 Å². The van der Waals surface area contributed by atoms with Gasteiger partial charge in [0, 0.05) is 13.0 Å². The fraction of sp³-hybridized carbons (Fsp3) is 0.562. The smallest absolute Gasteiger partial charge is 0.220 e. The van der Waals surface area contributed by atoms with Gasteiger partial charge in [-0.15, -0.1) is 0 Å². The number of carbonyl (C=O) groups is 1. The Morgan fingerprint density at radius 3 is 2.63 bits per heavy atom. The number of aryl methyl sites for hydroxylation is 1. The van der Waals surface area contributed by atoms with Gasteiger partial charge in [-0.05, 0) is 43.3 Å². The summed E-state index contributed by atoms with van der Waals surface area (Å²) in [6.07, 6.45) is 3.70. The molecule has 1 aromatic carbocycles. The monoisotopic (exact) mass is 260 g/mol. The van der Waals surface area contributed by atoms with Crippen LogP contribution < -0.4 is 10.6 Å². The summed E-state index contributed by atoms with van der Waals surface area (Å²) in [7, 11) is 0. The molecule has 0 atom stereocenters. The van der Waals surface area contributed by atoms with Gasteiger partial charge in [-0.25, -0.2) is 0 Å². The number of hydrogen-bond donors (Lipinski definition) is 2. The highest BCUT2D eigenvalue weighted by molar-refractivity contribution is 5.76. The van der Waals surface area contributed by atoms with Gasteiger partial charge in [0.1, 0.15) is 0 Å². The van der Waals surface area contributed by atoms with Crippen LogP contribution in [0.25, 0.3) is 0 Å². The fourth-order valence-corrected chi connectivity index (χ4v) is 2.51. The Labute approximate surface area is 115 Å². The lowest BCUT2D eigenvalue weighted by atomic mass is 9.81. The van der Waals surface area contributed by atoms with Crippen LogP contribution in [0.2, 0.25) is 0 Å². The van der Waals surface area contributed by atoms with Crippen molar-refractivity contribution in [1.29, 1.82) is 0 Å². The number of piperidine rings is 1. The second kappa shape index (κ2) is 6.71. The number of hydrogen-bond acceptors (Lipinski definition) is 2. The number of rotatable bonds is 5. The van der Waals surface area contributed by atoms with Crippen LogP contribution in [-0.2, 0) is 11.2 Å². The zero-order valence-corrected chi connectivity index (χ0v) is 11.7. The summed E-state index contributed by atoms with van der Waals surface area (Å²) in [4.78, 5) is 11.9. The van der Waals surface area contributed by atoms with Gasteiger partial charge >= 0.3 is 0 Å². The summed E-state index contributed by atoms with van der Waals surface area (Å²) in [6, 6.07) is 10.2. The van der Waals surface area contributed by atoms with Gasteiger partial charge in [-0.2, -0.15) is 0 Å². The minimum absolute atomic E-state index is 0.170. The van der Waals surface area contributed by atoms with E-state index < -0.39 is 0 Å². The van der Waals surface area contributed by atoms with E-state index in [0.29, 0.717) is 6.42 Å². The zero-order chi connectivity index (χ0) is 13.6. The van der Waals surface area contributed by atoms with E-state index in [1.54, 1.807) is 0 Å². The minimum atomic E-state index is 0.170. The molecule has 0 spiro atoms. The van der Waals surface area contributed by atoms with Gasteiger partial charge in [0.25, 0.3) is 0 Å². The summed E-state index contributed by atoms with van der Waals surface area (Å²) in [5.74, 6) is 0.170. The predicted octanol–water partition coefficient (Wildman–Crippen LogP) is 2.13. The maximum absolute atomic E-state index is 11.9. The molecule has 1 saturated heterocycles. The van der Waals surface area contributed by atoms with E-state index in [0.717, 1.165) is 38.9 Å². The molecule has 0 saturated carbocycles. The first-order chi connectivity index (χ1) is 9.18. The van der Waals surface area contributed by atoms with Crippen molar-refractivity contribution in [1.82, 2.24) is 10.6 Å². The molecule has 1 heterocycles. The van der Waals surface area contributed by atoms with Gasteiger partial charge in [0.05, 0.1) is 0 Å². The van der Waals surface area contributed by atoms with E-state index >= 15 is 0 Å². The molecule has 19 heavy (non-hydrogen) atoms. The Morgan fingerprint density at radius 2 is 1.95 bits per heavy atom. The van der Waals surface area contributed by atoms with Crippen LogP contribution in [-0.4, -0.2) is 25.5 Å². The fourth-order valence-electron chi connectivity index (χ4n) is 2.51. The first-order valence-corrected chi connectivity index (χ1v) is 7.19. The molecule has 104 valence electrons. The summed E-state index contributed by atoms with van der Waals surface area (Å²) in [5.41, 5.74) is 1.50. The number of carbonyl (C=O) groups excluding carboxylic acids is 1. The zero-order valence-electron chi connectivity index (χ0n) is 11.7. The largest absolute Gasteiger partial charge is 0.356 e. The Bertz CT molecular complexity index is 396. The molecule has 1 amide bonds. The van der Waals surface area contributed by atoms with Crippen LogP contribution in [0.5, 0.6) is 0 Å². The van der Waals surface area contributed by atoms with Crippen LogP contribution in [0.1, 0.15) is 31.7 Å². The van der Waals surface area contributed by atoms with Crippen molar-refractivity contribution in [3.05, 3.63) is 35.9 Å². The normalized spacial score (nSPS) is 17.9. The van der Waals surface area contributed by atoms with Crippen molar-refractivity contribution in [3.8, 4) is 0 Å². The summed E-state index contributed by atoms with van der Waals surface area (Å²) in [6.45, 7) is 5.21. The number of benzene rings is 1. The molecule has 2 N–H and O–H groups in total. The average Bonchev–Trinajstić information content (AvgIpc) is 2.45. The third kappa shape index (κ3) is 4.67. The average molecular weight is 260 g/mol. The van der Waals surface area contributed by atoms with E-state index in [4.69, 9.17) is 0 Å². The van der Waals surface area contributed by atoms with Gasteiger partial charge < -0.3 is 10.6 Å². The lowest BCUT2D eigenvalue weighted by Gasteiger charge is -2.34. The van der Waals surface area contributed by atoms with Crippen molar-refractivity contribution < 1.29 is 4.79 Å². The molecule has 1 aromatic rings. The molecule has 2 rings (SSSR count). The molecule has 0 aliphatic carbocycles. The molecule has 0 bridgehead atoms. The van der Waals surface area contributed by atoms with E-state index in [1.807, 2.05) is 18.2 Å². The molecular formula is C16H24N2O. The Balaban J connectivity index is 1.70. The third-order valence-electron chi connectivity index (χ3n) is 4.01. The highest BCUT2D eigenvalue weighted by Crippen LogP contribution is 2.26. The standard InChI is InChI=1S/C16H24N2O/c1-16(9-11-17-12-10-16)13-18-15(19)8-7-14-5-3-2-4-6-14/h2-6,17H,7-13H2,1H3,(H,18,19). The molecule has 1 aliphatic heterocycles. The van der Waals surface area contributed by atoms with Crippen LogP contribution in [0.4, 0.5) is 0 Å². The van der Waals surface area contributed by atoms with E-state index in [-0.39, 0.29) is 11.3 Å². The Morgan fingerprint density at radius 1 is 1.26 bits per heavy atom. The maximum Gasteiger partial charge on any atom is 0.220 e. The first kappa shape index (κ1) is 14.1. The molecule has 0 unspecified atom stereocenters. The second-order valence-corrected chi connectivity index (χ2v) is 5.82. The van der Waals surface area contributed by atoms with Crippen molar-refractivity contribution in [2.45, 2.75) is 32.6 Å². The van der Waals surface area contributed by atoms with Crippen LogP contribution in [0.3, 0.4) is 0 Å². The highest BCUT2D eigenvalue weighted by atomic mass is 16.1. The van der Waals surface area contributed by atoms with Gasteiger partial charge in [0.2, 0.25) is 5.91 Å². The van der Waals surface area contributed by atoms with E-state index in [9.17, 15) is 4.79 Å². The predicted molar refractivity (Wildman–Crippen MR) is 78.0 cm³/mol. The van der Waals surface area contributed by atoms with Gasteiger partial charge in [-0.1, -0.05) is 37.3 Å². The molecule has 0 radical (unpaired) electrons. The van der Waals surface area contributed by atoms with Crippen molar-refractivity contribution in [2.24, 2.45) is 5.41 Å². The topological polar surface area (TPSA) is 41.1 Å². The second-order valence-electron chi connectivity index (χ2n) is 5.82. The third-order valence-corrected chi connectivity index (χ3v) is 4.01. The summed E-state index contributed by atoms with van der Waals surface area (Å²) in [5, 5.41) is 6.46. The van der Waals surface area contributed by atoms with Crippen molar-refractivity contribution >= 4 is 5.91 Å². The molecule has 3 heteroatoms. The van der Waals surface area contributed by atoms with Gasteiger partial charge in [0.15, 0.2) is 0 Å². The van der Waals surface area contributed by atoms with Gasteiger partial charge in [-0.3, -0.25) is 4.79 Å². The Hall–Kier alpha value is -1.35. The highest BCUT2D eigenvalue weighted by Gasteiger charge is 2.26.